The van der Waals surface area contributed by atoms with E-state index in [9.17, 15) is 4.79 Å². The lowest BCUT2D eigenvalue weighted by atomic mass is 10.1. The van der Waals surface area contributed by atoms with Crippen molar-refractivity contribution in [2.24, 2.45) is 0 Å². The average molecular weight is 342 g/mol. The van der Waals surface area contributed by atoms with E-state index in [1.807, 2.05) is 43.8 Å². The highest BCUT2D eigenvalue weighted by Crippen LogP contribution is 2.21. The maximum absolute atomic E-state index is 12.1. The Morgan fingerprint density at radius 2 is 1.71 bits per heavy atom. The SMILES string of the molecule is Cc1ccc(C)c(CSCCCC(=O)Nc2c(C)cccc2C)c1. The molecule has 0 aromatic heterocycles. The number of carbonyl (C=O) groups is 1. The van der Waals surface area contributed by atoms with Crippen LogP contribution in [0, 0.1) is 27.7 Å². The third-order valence-electron chi connectivity index (χ3n) is 4.20. The fourth-order valence-corrected chi connectivity index (χ4v) is 3.71. The van der Waals surface area contributed by atoms with Crippen LogP contribution in [-0.4, -0.2) is 11.7 Å². The zero-order valence-corrected chi connectivity index (χ0v) is 15.9. The van der Waals surface area contributed by atoms with E-state index in [4.69, 9.17) is 0 Å². The van der Waals surface area contributed by atoms with Crippen LogP contribution in [0.3, 0.4) is 0 Å². The number of rotatable bonds is 7. The van der Waals surface area contributed by atoms with Crippen molar-refractivity contribution < 1.29 is 4.79 Å². The molecular weight excluding hydrogens is 314 g/mol. The summed E-state index contributed by atoms with van der Waals surface area (Å²) in [6.45, 7) is 8.35. The lowest BCUT2D eigenvalue weighted by Gasteiger charge is -2.11. The molecule has 0 aliphatic heterocycles. The Balaban J connectivity index is 1.72. The second-order valence-electron chi connectivity index (χ2n) is 6.40. The molecule has 1 N–H and O–H groups in total. The molecule has 24 heavy (non-hydrogen) atoms. The summed E-state index contributed by atoms with van der Waals surface area (Å²) in [5, 5.41) is 3.06. The second kappa shape index (κ2) is 8.93. The van der Waals surface area contributed by atoms with Gasteiger partial charge in [-0.15, -0.1) is 0 Å². The van der Waals surface area contributed by atoms with Gasteiger partial charge in [-0.25, -0.2) is 0 Å². The van der Waals surface area contributed by atoms with Crippen molar-refractivity contribution in [3.8, 4) is 0 Å². The molecule has 0 bridgehead atoms. The van der Waals surface area contributed by atoms with Crippen molar-refractivity contribution >= 4 is 23.4 Å². The summed E-state index contributed by atoms with van der Waals surface area (Å²) in [6, 6.07) is 12.7. The minimum absolute atomic E-state index is 0.111. The second-order valence-corrected chi connectivity index (χ2v) is 7.51. The van der Waals surface area contributed by atoms with Gasteiger partial charge in [0.2, 0.25) is 5.91 Å². The van der Waals surface area contributed by atoms with Crippen LogP contribution in [0.2, 0.25) is 0 Å². The molecule has 0 heterocycles. The predicted octanol–water partition coefficient (Wildman–Crippen LogP) is 5.57. The Morgan fingerprint density at radius 3 is 2.42 bits per heavy atom. The van der Waals surface area contributed by atoms with Crippen LogP contribution in [-0.2, 0) is 10.5 Å². The molecule has 0 saturated heterocycles. The highest BCUT2D eigenvalue weighted by molar-refractivity contribution is 7.98. The Hall–Kier alpha value is -1.74. The summed E-state index contributed by atoms with van der Waals surface area (Å²) in [4.78, 5) is 12.1. The Labute approximate surface area is 150 Å². The molecule has 128 valence electrons. The number of thioether (sulfide) groups is 1. The zero-order chi connectivity index (χ0) is 17.5. The molecule has 0 atom stereocenters. The van der Waals surface area contributed by atoms with Gasteiger partial charge >= 0.3 is 0 Å². The molecule has 1 amide bonds. The van der Waals surface area contributed by atoms with Crippen LogP contribution in [0.5, 0.6) is 0 Å². The van der Waals surface area contributed by atoms with Crippen LogP contribution in [0.4, 0.5) is 5.69 Å². The van der Waals surface area contributed by atoms with E-state index in [1.165, 1.54) is 16.7 Å². The number of hydrogen-bond donors (Lipinski definition) is 1. The standard InChI is InChI=1S/C21H27NOS/c1-15-10-11-16(2)19(13-15)14-24-12-6-9-20(23)22-21-17(3)7-5-8-18(21)4/h5,7-8,10-11,13H,6,9,12,14H2,1-4H3,(H,22,23). The van der Waals surface area contributed by atoms with Crippen LogP contribution in [0.15, 0.2) is 36.4 Å². The Kier molecular flexibility index (Phi) is 6.92. The molecule has 2 aromatic rings. The van der Waals surface area contributed by atoms with Gasteiger partial charge in [-0.05, 0) is 62.1 Å². The van der Waals surface area contributed by atoms with Gasteiger partial charge in [-0.3, -0.25) is 4.79 Å². The number of aryl methyl sites for hydroxylation is 4. The fraction of sp³-hybridized carbons (Fsp3) is 0.381. The summed E-state index contributed by atoms with van der Waals surface area (Å²) in [5.41, 5.74) is 7.26. The summed E-state index contributed by atoms with van der Waals surface area (Å²) in [7, 11) is 0. The Morgan fingerprint density at radius 1 is 1.00 bits per heavy atom. The van der Waals surface area contributed by atoms with Crippen LogP contribution < -0.4 is 5.32 Å². The highest BCUT2D eigenvalue weighted by atomic mass is 32.2. The molecule has 3 heteroatoms. The lowest BCUT2D eigenvalue weighted by molar-refractivity contribution is -0.116. The third-order valence-corrected chi connectivity index (χ3v) is 5.29. The van der Waals surface area contributed by atoms with E-state index >= 15 is 0 Å². The maximum Gasteiger partial charge on any atom is 0.224 e. The van der Waals surface area contributed by atoms with Crippen molar-refractivity contribution in [1.29, 1.82) is 0 Å². The molecule has 0 aliphatic rings. The molecule has 2 nitrogen and oxygen atoms in total. The third kappa shape index (κ3) is 5.41. The maximum atomic E-state index is 12.1. The van der Waals surface area contributed by atoms with Gasteiger partial charge in [0.1, 0.15) is 0 Å². The van der Waals surface area contributed by atoms with Gasteiger partial charge in [0.25, 0.3) is 0 Å². The van der Waals surface area contributed by atoms with Crippen LogP contribution >= 0.6 is 11.8 Å². The van der Waals surface area contributed by atoms with E-state index in [0.717, 1.165) is 34.7 Å². The van der Waals surface area contributed by atoms with E-state index in [1.54, 1.807) is 0 Å². The average Bonchev–Trinajstić information content (AvgIpc) is 2.54. The highest BCUT2D eigenvalue weighted by Gasteiger charge is 2.07. The number of anilines is 1. The normalized spacial score (nSPS) is 10.7. The predicted molar refractivity (Wildman–Crippen MR) is 106 cm³/mol. The van der Waals surface area contributed by atoms with E-state index in [0.29, 0.717) is 6.42 Å². The van der Waals surface area contributed by atoms with Gasteiger partial charge < -0.3 is 5.32 Å². The zero-order valence-electron chi connectivity index (χ0n) is 15.1. The van der Waals surface area contributed by atoms with Gasteiger partial charge in [0, 0.05) is 17.9 Å². The first-order valence-corrected chi connectivity index (χ1v) is 9.63. The molecular formula is C21H27NOS. The Bertz CT molecular complexity index is 689. The van der Waals surface area contributed by atoms with Crippen molar-refractivity contribution in [1.82, 2.24) is 0 Å². The number of para-hydroxylation sites is 1. The van der Waals surface area contributed by atoms with Gasteiger partial charge in [-0.1, -0.05) is 42.0 Å². The monoisotopic (exact) mass is 341 g/mol. The van der Waals surface area contributed by atoms with Gasteiger partial charge in [-0.2, -0.15) is 11.8 Å². The van der Waals surface area contributed by atoms with Crippen LogP contribution in [0.1, 0.15) is 40.7 Å². The topological polar surface area (TPSA) is 29.1 Å². The molecule has 0 aliphatic carbocycles. The first kappa shape index (κ1) is 18.6. The van der Waals surface area contributed by atoms with Crippen molar-refractivity contribution in [3.63, 3.8) is 0 Å². The van der Waals surface area contributed by atoms with E-state index < -0.39 is 0 Å². The smallest absolute Gasteiger partial charge is 0.224 e. The number of benzene rings is 2. The fourth-order valence-electron chi connectivity index (χ4n) is 2.69. The lowest BCUT2D eigenvalue weighted by Crippen LogP contribution is -2.13. The molecule has 0 unspecified atom stereocenters. The van der Waals surface area contributed by atoms with E-state index in [2.05, 4.69) is 37.4 Å². The molecule has 0 spiro atoms. The quantitative estimate of drug-likeness (QED) is 0.667. The molecule has 0 saturated carbocycles. The number of carbonyl (C=O) groups excluding carboxylic acids is 1. The summed E-state index contributed by atoms with van der Waals surface area (Å²) in [5.74, 6) is 2.14. The van der Waals surface area contributed by atoms with Crippen molar-refractivity contribution in [3.05, 3.63) is 64.2 Å². The molecule has 0 radical (unpaired) electrons. The van der Waals surface area contributed by atoms with E-state index in [-0.39, 0.29) is 5.91 Å². The number of hydrogen-bond acceptors (Lipinski definition) is 2. The molecule has 0 fully saturated rings. The van der Waals surface area contributed by atoms with Gasteiger partial charge in [0.15, 0.2) is 0 Å². The largest absolute Gasteiger partial charge is 0.326 e. The number of amides is 1. The van der Waals surface area contributed by atoms with Crippen LogP contribution in [0.25, 0.3) is 0 Å². The minimum Gasteiger partial charge on any atom is -0.326 e. The first-order valence-electron chi connectivity index (χ1n) is 8.47. The summed E-state index contributed by atoms with van der Waals surface area (Å²) in [6.07, 6.45) is 1.49. The minimum atomic E-state index is 0.111. The number of nitrogens with one attached hydrogen (secondary N) is 1. The summed E-state index contributed by atoms with van der Waals surface area (Å²) >= 11 is 1.90. The summed E-state index contributed by atoms with van der Waals surface area (Å²) < 4.78 is 0. The molecule has 2 rings (SSSR count). The first-order chi connectivity index (χ1) is 11.5. The molecule has 2 aromatic carbocycles. The van der Waals surface area contributed by atoms with Gasteiger partial charge in [0.05, 0.1) is 0 Å². The van der Waals surface area contributed by atoms with Crippen molar-refractivity contribution in [2.45, 2.75) is 46.3 Å². The van der Waals surface area contributed by atoms with Crippen molar-refractivity contribution in [2.75, 3.05) is 11.1 Å².